The fourth-order valence-electron chi connectivity index (χ4n) is 5.91. The molecule has 2 atom stereocenters. The Kier molecular flexibility index (Phi) is 18.8. The third-order valence-electron chi connectivity index (χ3n) is 8.31. The molecule has 0 bridgehead atoms. The summed E-state index contributed by atoms with van der Waals surface area (Å²) in [5, 5.41) is 5.75. The van der Waals surface area contributed by atoms with Crippen molar-refractivity contribution >= 4 is 34.6 Å². The summed E-state index contributed by atoms with van der Waals surface area (Å²) in [5.74, 6) is 3.88. The second kappa shape index (κ2) is 21.3. The summed E-state index contributed by atoms with van der Waals surface area (Å²) in [7, 11) is -4.75. The van der Waals surface area contributed by atoms with Gasteiger partial charge in [0.25, 0.3) is 0 Å². The fraction of sp³-hybridized carbons (Fsp3) is 0.794. The summed E-state index contributed by atoms with van der Waals surface area (Å²) in [4.78, 5) is 22.4. The Morgan fingerprint density at radius 2 is 1.43 bits per heavy atom. The number of anilines is 1. The van der Waals surface area contributed by atoms with Gasteiger partial charge in [0.2, 0.25) is 0 Å². The van der Waals surface area contributed by atoms with E-state index in [0.717, 1.165) is 12.8 Å². The molecule has 10 nitrogen and oxygen atoms in total. The maximum atomic E-state index is 12.3. The molecule has 46 heavy (non-hydrogen) atoms. The van der Waals surface area contributed by atoms with Crippen molar-refractivity contribution in [3.8, 4) is 11.2 Å². The fourth-order valence-corrected chi connectivity index (χ4v) is 11.2. The zero-order valence-electron chi connectivity index (χ0n) is 29.6. The Bertz CT molecular complexity index is 1220. The van der Waals surface area contributed by atoms with Crippen LogP contribution in [-0.2, 0) is 25.1 Å². The Balaban J connectivity index is 1.41. The van der Waals surface area contributed by atoms with E-state index in [2.05, 4.69) is 67.7 Å². The van der Waals surface area contributed by atoms with Crippen LogP contribution < -0.4 is 5.73 Å². The third-order valence-corrected chi connectivity index (χ3v) is 14.6. The second-order valence-electron chi connectivity index (χ2n) is 13.0. The summed E-state index contributed by atoms with van der Waals surface area (Å²) in [6.45, 7) is 17.7. The first-order valence-corrected chi connectivity index (χ1v) is 20.9. The predicted molar refractivity (Wildman–Crippen MR) is 193 cm³/mol. The van der Waals surface area contributed by atoms with Crippen molar-refractivity contribution in [3.63, 3.8) is 0 Å². The smallest absolute Gasteiger partial charge is 0.353 e. The highest BCUT2D eigenvalue weighted by Gasteiger charge is 2.32. The van der Waals surface area contributed by atoms with E-state index in [0.29, 0.717) is 58.9 Å². The monoisotopic (exact) mass is 683 g/mol. The summed E-state index contributed by atoms with van der Waals surface area (Å²) in [6.07, 6.45) is 15.0. The highest BCUT2D eigenvalue weighted by atomic mass is 32.3. The van der Waals surface area contributed by atoms with Gasteiger partial charge in [-0.2, -0.15) is 10.0 Å². The predicted octanol–water partition coefficient (Wildman–Crippen LogP) is 8.27. The van der Waals surface area contributed by atoms with Crippen LogP contribution in [0.2, 0.25) is 0 Å². The quantitative estimate of drug-likeness (QED) is 0.0637. The van der Waals surface area contributed by atoms with Gasteiger partial charge in [0.05, 0.1) is 25.6 Å². The topological polar surface area (TPSA) is 135 Å². The highest BCUT2D eigenvalue weighted by molar-refractivity contribution is 8.38. The average molecular weight is 684 g/mol. The van der Waals surface area contributed by atoms with Gasteiger partial charge in [-0.3, -0.25) is 4.57 Å². The van der Waals surface area contributed by atoms with Gasteiger partial charge in [-0.15, -0.1) is 0 Å². The molecule has 0 saturated heterocycles. The van der Waals surface area contributed by atoms with E-state index in [-0.39, 0.29) is 19.1 Å². The number of nitrogen functional groups attached to an aromatic ring is 1. The minimum Gasteiger partial charge on any atom is -0.382 e. The molecular weight excluding hydrogens is 621 g/mol. The van der Waals surface area contributed by atoms with Crippen LogP contribution in [0, 0.1) is 11.2 Å². The Hall–Kier alpha value is -1.67. The van der Waals surface area contributed by atoms with Crippen LogP contribution in [0.4, 0.5) is 5.82 Å². The first-order valence-electron chi connectivity index (χ1n) is 17.3. The van der Waals surface area contributed by atoms with Crippen molar-refractivity contribution in [1.29, 1.82) is 0 Å². The molecule has 1 unspecified atom stereocenters. The van der Waals surface area contributed by atoms with Crippen LogP contribution in [0.5, 0.6) is 0 Å². The summed E-state index contributed by atoms with van der Waals surface area (Å²) < 4.78 is 30.6. The first-order chi connectivity index (χ1) is 21.9. The van der Waals surface area contributed by atoms with Crippen LogP contribution in [0.3, 0.4) is 0 Å². The molecule has 3 N–H and O–H groups in total. The van der Waals surface area contributed by atoms with Crippen molar-refractivity contribution in [1.82, 2.24) is 19.5 Å². The van der Waals surface area contributed by atoms with E-state index >= 15 is 0 Å². The molecule has 2 aromatic rings. The van der Waals surface area contributed by atoms with Gasteiger partial charge in [0.15, 0.2) is 11.5 Å². The number of nitrogens with two attached hydrogens (primary N) is 1. The zero-order chi connectivity index (χ0) is 34.0. The van der Waals surface area contributed by atoms with Gasteiger partial charge >= 0.3 is 7.60 Å². The summed E-state index contributed by atoms with van der Waals surface area (Å²) >= 11 is 0. The van der Waals surface area contributed by atoms with Crippen LogP contribution in [-0.4, -0.2) is 72.4 Å². The van der Waals surface area contributed by atoms with Gasteiger partial charge in [-0.1, -0.05) is 97.7 Å². The first kappa shape index (κ1) is 40.5. The Labute approximate surface area is 280 Å². The number of fused-ring (bicyclic) bond motifs is 1. The number of rotatable bonds is 24. The SMILES string of the molecule is CC(C)S(C#CCCCCCCCCCCCOCCCOP(=O)(O)CO[C@H](C)Cn1cnc2c(N)ncnc21)(C(C)C)C(C)C. The molecule has 2 rings (SSSR count). The van der Waals surface area contributed by atoms with Crippen LogP contribution in [0.25, 0.3) is 11.2 Å². The average Bonchev–Trinajstić information content (AvgIpc) is 3.40. The molecule has 0 radical (unpaired) electrons. The molecule has 0 fully saturated rings. The molecule has 12 heteroatoms. The number of aromatic nitrogens is 4. The van der Waals surface area contributed by atoms with Crippen molar-refractivity contribution in [2.75, 3.05) is 31.9 Å². The third kappa shape index (κ3) is 13.8. The molecule has 0 saturated carbocycles. The molecule has 0 aromatic carbocycles. The molecule has 2 heterocycles. The lowest BCUT2D eigenvalue weighted by atomic mass is 10.1. The highest BCUT2D eigenvalue weighted by Crippen LogP contribution is 2.59. The zero-order valence-corrected chi connectivity index (χ0v) is 31.3. The molecule has 264 valence electrons. The van der Waals surface area contributed by atoms with Gasteiger partial charge in [-0.05, 0) is 41.9 Å². The van der Waals surface area contributed by atoms with Gasteiger partial charge in [0, 0.05) is 19.6 Å². The maximum absolute atomic E-state index is 12.3. The van der Waals surface area contributed by atoms with E-state index in [1.165, 1.54) is 57.7 Å². The molecule has 0 amide bonds. The van der Waals surface area contributed by atoms with Crippen molar-refractivity contribution < 1.29 is 23.5 Å². The largest absolute Gasteiger partial charge is 0.382 e. The Morgan fingerprint density at radius 1 is 0.848 bits per heavy atom. The lowest BCUT2D eigenvalue weighted by Crippen LogP contribution is -2.27. The molecule has 0 aliphatic rings. The van der Waals surface area contributed by atoms with Gasteiger partial charge in [0.1, 0.15) is 18.2 Å². The number of nitrogens with zero attached hydrogens (tertiary/aromatic N) is 4. The van der Waals surface area contributed by atoms with E-state index < -0.39 is 17.6 Å². The lowest BCUT2D eigenvalue weighted by Gasteiger charge is -2.46. The lowest BCUT2D eigenvalue weighted by molar-refractivity contribution is 0.0688. The summed E-state index contributed by atoms with van der Waals surface area (Å²) in [6, 6.07) is 0. The maximum Gasteiger partial charge on any atom is 0.353 e. The van der Waals surface area contributed by atoms with Crippen molar-refractivity contribution in [2.45, 2.75) is 147 Å². The number of ether oxygens (including phenoxy) is 2. The van der Waals surface area contributed by atoms with Gasteiger partial charge in [-0.25, -0.2) is 15.0 Å². The van der Waals surface area contributed by atoms with E-state index in [1.807, 2.05) is 0 Å². The Morgan fingerprint density at radius 3 is 2.07 bits per heavy atom. The van der Waals surface area contributed by atoms with E-state index in [9.17, 15) is 9.46 Å². The number of unbranched alkanes of at least 4 members (excludes halogenated alkanes) is 9. The number of imidazole rings is 1. The molecular formula is C34H62N5O5PS. The van der Waals surface area contributed by atoms with Crippen LogP contribution >= 0.6 is 17.6 Å². The standard InChI is InChI=1S/C34H62N5O5PS/c1-28(2)46(29(3)4,30(5)6)23-18-16-14-12-10-8-9-11-13-15-17-20-42-21-19-22-44-45(40,41)27-43-31(7)24-39-26-38-32-33(35)36-25-37-34(32)39/h25-26,28-31H,8-17,19-22,24,27H2,1-7H3,(H,40,41)(H2,35,36,37)/t31-/m1/s1. The van der Waals surface area contributed by atoms with E-state index in [1.54, 1.807) is 17.8 Å². The molecule has 0 aliphatic carbocycles. The number of hydrogen-bond acceptors (Lipinski definition) is 8. The minimum absolute atomic E-state index is 0.149. The number of hydrogen-bond donors (Lipinski definition) is 2. The van der Waals surface area contributed by atoms with Crippen molar-refractivity contribution in [3.05, 3.63) is 12.7 Å². The molecule has 2 aromatic heterocycles. The van der Waals surface area contributed by atoms with Crippen LogP contribution in [0.15, 0.2) is 12.7 Å². The normalized spacial score (nSPS) is 14.6. The minimum atomic E-state index is -3.85. The summed E-state index contributed by atoms with van der Waals surface area (Å²) in [5.41, 5.74) is 6.93. The van der Waals surface area contributed by atoms with E-state index in [4.69, 9.17) is 19.7 Å². The van der Waals surface area contributed by atoms with Crippen LogP contribution in [0.1, 0.15) is 119 Å². The second-order valence-corrected chi connectivity index (χ2v) is 19.3. The molecule has 0 aliphatic heterocycles. The van der Waals surface area contributed by atoms with Gasteiger partial charge < -0.3 is 29.2 Å². The molecule has 0 spiro atoms. The van der Waals surface area contributed by atoms with Crippen molar-refractivity contribution in [2.24, 2.45) is 0 Å².